The standard InChI is InChI=1S/C17H20BrClN4O2/c1-17(2,3)25-16(24)23-10-5-4-9(8-10)11(23)15-21-13(18)12-14(19)20-6-7-22(12)15/h6-7,9-11H,4-5,8H2,1-3H3/t9-,10+,11-/m0/s1. The molecule has 6 nitrogen and oxygen atoms in total. The summed E-state index contributed by atoms with van der Waals surface area (Å²) in [4.78, 5) is 23.6. The number of aromatic nitrogens is 3. The number of halogens is 2. The smallest absolute Gasteiger partial charge is 0.411 e. The van der Waals surface area contributed by atoms with Crippen LogP contribution in [0.25, 0.3) is 5.52 Å². The van der Waals surface area contributed by atoms with Crippen molar-refractivity contribution >= 4 is 39.1 Å². The molecule has 0 spiro atoms. The van der Waals surface area contributed by atoms with E-state index in [1.165, 1.54) is 0 Å². The van der Waals surface area contributed by atoms with Gasteiger partial charge in [-0.2, -0.15) is 0 Å². The molecule has 1 aliphatic heterocycles. The second-order valence-corrected chi connectivity index (χ2v) is 8.87. The number of likely N-dealkylation sites (tertiary alicyclic amines) is 1. The molecule has 2 aromatic heterocycles. The predicted molar refractivity (Wildman–Crippen MR) is 97.6 cm³/mol. The second-order valence-electron chi connectivity index (χ2n) is 7.76. The Morgan fingerprint density at radius 2 is 2.16 bits per heavy atom. The first-order valence-corrected chi connectivity index (χ1v) is 9.62. The van der Waals surface area contributed by atoms with E-state index in [0.29, 0.717) is 15.7 Å². The van der Waals surface area contributed by atoms with Gasteiger partial charge in [-0.25, -0.2) is 14.8 Å². The van der Waals surface area contributed by atoms with Crippen LogP contribution in [0.3, 0.4) is 0 Å². The lowest BCUT2D eigenvalue weighted by atomic mass is 9.98. The van der Waals surface area contributed by atoms with Crippen molar-refractivity contribution < 1.29 is 9.53 Å². The zero-order valence-corrected chi connectivity index (χ0v) is 16.7. The minimum atomic E-state index is -0.522. The SMILES string of the molecule is CC(C)(C)OC(=O)N1[C@@H]2CC[C@@H](C2)[C@H]1c1nc(Br)c2c(Cl)nccn12. The van der Waals surface area contributed by atoms with Crippen LogP contribution in [-0.2, 0) is 4.74 Å². The highest BCUT2D eigenvalue weighted by molar-refractivity contribution is 9.10. The van der Waals surface area contributed by atoms with E-state index in [1.807, 2.05) is 36.3 Å². The van der Waals surface area contributed by atoms with Crippen LogP contribution in [0.2, 0.25) is 5.15 Å². The lowest BCUT2D eigenvalue weighted by Crippen LogP contribution is -2.43. The molecule has 25 heavy (non-hydrogen) atoms. The molecule has 2 fully saturated rings. The van der Waals surface area contributed by atoms with E-state index in [4.69, 9.17) is 16.3 Å². The summed E-state index contributed by atoms with van der Waals surface area (Å²) in [6, 6.07) is 0.110. The molecule has 0 unspecified atom stereocenters. The number of carbonyl (C=O) groups excluding carboxylic acids is 1. The molecular weight excluding hydrogens is 408 g/mol. The Balaban J connectivity index is 1.78. The van der Waals surface area contributed by atoms with Crippen LogP contribution in [0.4, 0.5) is 4.79 Å². The lowest BCUT2D eigenvalue weighted by Gasteiger charge is -2.35. The minimum Gasteiger partial charge on any atom is -0.444 e. The summed E-state index contributed by atoms with van der Waals surface area (Å²) in [6.45, 7) is 5.67. The fraction of sp³-hybridized carbons (Fsp3) is 0.588. The first-order chi connectivity index (χ1) is 11.8. The van der Waals surface area contributed by atoms with E-state index in [0.717, 1.165) is 30.6 Å². The topological polar surface area (TPSA) is 59.7 Å². The summed E-state index contributed by atoms with van der Waals surface area (Å²) >= 11 is 9.72. The first kappa shape index (κ1) is 17.1. The molecule has 1 amide bonds. The van der Waals surface area contributed by atoms with E-state index in [-0.39, 0.29) is 18.2 Å². The Bertz CT molecular complexity index is 847. The molecule has 8 heteroatoms. The summed E-state index contributed by atoms with van der Waals surface area (Å²) < 4.78 is 8.25. The van der Waals surface area contributed by atoms with Crippen LogP contribution in [0, 0.1) is 5.92 Å². The van der Waals surface area contributed by atoms with Crippen molar-refractivity contribution in [2.75, 3.05) is 0 Å². The Labute approximate surface area is 159 Å². The van der Waals surface area contributed by atoms with Gasteiger partial charge in [-0.1, -0.05) is 11.6 Å². The van der Waals surface area contributed by atoms with Gasteiger partial charge in [-0.05, 0) is 61.9 Å². The molecule has 0 N–H and O–H groups in total. The number of carbonyl (C=O) groups is 1. The third kappa shape index (κ3) is 2.81. The largest absolute Gasteiger partial charge is 0.444 e. The quantitative estimate of drug-likeness (QED) is 0.667. The molecule has 2 aliphatic rings. The van der Waals surface area contributed by atoms with Gasteiger partial charge in [0.25, 0.3) is 0 Å². The average molecular weight is 428 g/mol. The normalized spacial score (nSPS) is 25.8. The van der Waals surface area contributed by atoms with Crippen molar-refractivity contribution in [3.8, 4) is 0 Å². The molecular formula is C17H20BrClN4O2. The minimum absolute atomic E-state index is 0.106. The van der Waals surface area contributed by atoms with Gasteiger partial charge in [0.05, 0.1) is 6.04 Å². The van der Waals surface area contributed by atoms with Crippen molar-refractivity contribution in [3.63, 3.8) is 0 Å². The highest BCUT2D eigenvalue weighted by atomic mass is 79.9. The van der Waals surface area contributed by atoms with Gasteiger partial charge in [0.1, 0.15) is 21.5 Å². The fourth-order valence-corrected chi connectivity index (χ4v) is 5.00. The van der Waals surface area contributed by atoms with Gasteiger partial charge in [0.2, 0.25) is 0 Å². The van der Waals surface area contributed by atoms with Gasteiger partial charge in [0, 0.05) is 18.4 Å². The van der Waals surface area contributed by atoms with Crippen molar-refractivity contribution in [3.05, 3.63) is 28.0 Å². The van der Waals surface area contributed by atoms with Crippen LogP contribution in [0.15, 0.2) is 17.0 Å². The summed E-state index contributed by atoms with van der Waals surface area (Å²) in [7, 11) is 0. The molecule has 1 saturated carbocycles. The maximum Gasteiger partial charge on any atom is 0.411 e. The zero-order valence-electron chi connectivity index (χ0n) is 14.4. The number of amides is 1. The lowest BCUT2D eigenvalue weighted by molar-refractivity contribution is 0.00604. The number of rotatable bonds is 1. The van der Waals surface area contributed by atoms with Crippen LogP contribution in [0.1, 0.15) is 51.9 Å². The molecule has 2 bridgehead atoms. The number of imidazole rings is 1. The first-order valence-electron chi connectivity index (χ1n) is 8.45. The molecule has 4 rings (SSSR count). The van der Waals surface area contributed by atoms with Gasteiger partial charge < -0.3 is 4.74 Å². The van der Waals surface area contributed by atoms with Gasteiger partial charge in [-0.3, -0.25) is 9.30 Å². The number of nitrogens with zero attached hydrogens (tertiary/aromatic N) is 4. The number of hydrogen-bond donors (Lipinski definition) is 0. The van der Waals surface area contributed by atoms with Crippen LogP contribution < -0.4 is 0 Å². The van der Waals surface area contributed by atoms with E-state index in [1.54, 1.807) is 6.20 Å². The number of fused-ring (bicyclic) bond motifs is 3. The van der Waals surface area contributed by atoms with Crippen LogP contribution >= 0.6 is 27.5 Å². The van der Waals surface area contributed by atoms with E-state index in [9.17, 15) is 4.79 Å². The highest BCUT2D eigenvalue weighted by Crippen LogP contribution is 2.51. The number of hydrogen-bond acceptors (Lipinski definition) is 4. The van der Waals surface area contributed by atoms with Crippen molar-refractivity contribution in [1.82, 2.24) is 19.3 Å². The van der Waals surface area contributed by atoms with Gasteiger partial charge >= 0.3 is 6.09 Å². The predicted octanol–water partition coefficient (Wildman–Crippen LogP) is 4.61. The average Bonchev–Trinajstić information content (AvgIpc) is 3.18. The molecule has 0 aromatic carbocycles. The number of ether oxygens (including phenoxy) is 1. The Hall–Kier alpha value is -1.34. The maximum absolute atomic E-state index is 12.9. The second kappa shape index (κ2) is 5.84. The van der Waals surface area contributed by atoms with Crippen molar-refractivity contribution in [1.29, 1.82) is 0 Å². The van der Waals surface area contributed by atoms with Crippen LogP contribution in [0.5, 0.6) is 0 Å². The monoisotopic (exact) mass is 426 g/mol. The van der Waals surface area contributed by atoms with Crippen molar-refractivity contribution in [2.45, 2.75) is 57.7 Å². The Morgan fingerprint density at radius 1 is 1.40 bits per heavy atom. The van der Waals surface area contributed by atoms with Gasteiger partial charge in [-0.15, -0.1) is 0 Å². The molecule has 0 radical (unpaired) electrons. The summed E-state index contributed by atoms with van der Waals surface area (Å²) in [5.41, 5.74) is 0.206. The maximum atomic E-state index is 12.9. The summed E-state index contributed by atoms with van der Waals surface area (Å²) in [5.74, 6) is 1.20. The molecule has 1 aliphatic carbocycles. The molecule has 134 valence electrons. The zero-order chi connectivity index (χ0) is 17.9. The third-order valence-electron chi connectivity index (χ3n) is 4.95. The van der Waals surface area contributed by atoms with Gasteiger partial charge in [0.15, 0.2) is 5.15 Å². The fourth-order valence-electron chi connectivity index (χ4n) is 4.09. The summed E-state index contributed by atoms with van der Waals surface area (Å²) in [5, 5.41) is 0.389. The number of piperidine rings is 1. The molecule has 2 aromatic rings. The van der Waals surface area contributed by atoms with Crippen LogP contribution in [-0.4, -0.2) is 37.0 Å². The van der Waals surface area contributed by atoms with E-state index in [2.05, 4.69) is 25.9 Å². The summed E-state index contributed by atoms with van der Waals surface area (Å²) in [6.07, 6.45) is 6.34. The Kier molecular flexibility index (Phi) is 3.99. The Morgan fingerprint density at radius 3 is 2.88 bits per heavy atom. The molecule has 1 saturated heterocycles. The van der Waals surface area contributed by atoms with Crippen molar-refractivity contribution in [2.24, 2.45) is 5.92 Å². The molecule has 3 atom stereocenters. The van der Waals surface area contributed by atoms with E-state index >= 15 is 0 Å². The van der Waals surface area contributed by atoms with E-state index < -0.39 is 5.60 Å². The third-order valence-corrected chi connectivity index (χ3v) is 5.78. The molecule has 3 heterocycles. The highest BCUT2D eigenvalue weighted by Gasteiger charge is 2.51.